The molecule has 2 nitrogen and oxygen atoms in total. The number of thiol groups is 1. The largest absolute Gasteiger partial charge is 0.508 e. The van der Waals surface area contributed by atoms with Crippen LogP contribution in [0.2, 0.25) is 0 Å². The fourth-order valence-electron chi connectivity index (χ4n) is 1.34. The third kappa shape index (κ3) is 7.10. The third-order valence-electron chi connectivity index (χ3n) is 2.21. The molecule has 112 valence electrons. The van der Waals surface area contributed by atoms with Crippen molar-refractivity contribution in [2.75, 3.05) is 7.11 Å². The van der Waals surface area contributed by atoms with Crippen molar-refractivity contribution >= 4 is 24.5 Å². The minimum atomic E-state index is 0.0297. The van der Waals surface area contributed by atoms with Crippen LogP contribution in [-0.2, 0) is 0 Å². The summed E-state index contributed by atoms with van der Waals surface area (Å²) in [4.78, 5) is 0. The molecule has 0 aliphatic carbocycles. The van der Waals surface area contributed by atoms with E-state index in [9.17, 15) is 5.11 Å². The summed E-state index contributed by atoms with van der Waals surface area (Å²) in [6, 6.07) is 3.60. The van der Waals surface area contributed by atoms with Gasteiger partial charge in [-0.15, -0.1) is 6.58 Å². The Balaban J connectivity index is 0. The number of aliphatic hydroxyl groups is 1. The van der Waals surface area contributed by atoms with E-state index >= 15 is 0 Å². The van der Waals surface area contributed by atoms with E-state index in [-0.39, 0.29) is 5.76 Å². The smallest absolute Gasteiger partial charge is 0.123 e. The van der Waals surface area contributed by atoms with Crippen LogP contribution in [0.5, 0.6) is 5.75 Å². The first-order valence-corrected chi connectivity index (χ1v) is 6.98. The van der Waals surface area contributed by atoms with Crippen LogP contribution in [0.15, 0.2) is 36.8 Å². The first-order valence-electron chi connectivity index (χ1n) is 6.46. The third-order valence-corrected chi connectivity index (χ3v) is 2.36. The number of aliphatic hydroxyl groups excluding tert-OH is 1. The van der Waals surface area contributed by atoms with E-state index < -0.39 is 0 Å². The highest BCUT2D eigenvalue weighted by Crippen LogP contribution is 2.27. The van der Waals surface area contributed by atoms with Crippen molar-refractivity contribution in [3.8, 4) is 5.75 Å². The number of rotatable bonds is 3. The molecule has 0 fully saturated rings. The van der Waals surface area contributed by atoms with Gasteiger partial charge in [-0.3, -0.25) is 0 Å². The topological polar surface area (TPSA) is 29.5 Å². The van der Waals surface area contributed by atoms with Crippen molar-refractivity contribution in [3.05, 3.63) is 53.5 Å². The molecule has 0 amide bonds. The van der Waals surface area contributed by atoms with E-state index in [0.29, 0.717) is 5.56 Å². The lowest BCUT2D eigenvalue weighted by atomic mass is 10.0. The van der Waals surface area contributed by atoms with Gasteiger partial charge < -0.3 is 9.84 Å². The van der Waals surface area contributed by atoms with Crippen LogP contribution in [0, 0.1) is 6.92 Å². The lowest BCUT2D eigenvalue weighted by molar-refractivity contribution is 0.411. The fraction of sp³-hybridized carbons (Fsp3) is 0.294. The van der Waals surface area contributed by atoms with Crippen molar-refractivity contribution in [1.29, 1.82) is 0 Å². The maximum atomic E-state index is 9.33. The van der Waals surface area contributed by atoms with E-state index in [1.807, 2.05) is 39.8 Å². The number of methoxy groups -OCH3 is 1. The predicted molar refractivity (Wildman–Crippen MR) is 94.6 cm³/mol. The quantitative estimate of drug-likeness (QED) is 0.428. The first kappa shape index (κ1) is 20.7. The fourth-order valence-corrected chi connectivity index (χ4v) is 1.50. The summed E-state index contributed by atoms with van der Waals surface area (Å²) < 4.78 is 5.21. The molecule has 3 heteroatoms. The van der Waals surface area contributed by atoms with E-state index in [1.165, 1.54) is 0 Å². The number of benzene rings is 1. The summed E-state index contributed by atoms with van der Waals surface area (Å²) in [5, 5.41) is 11.0. The highest BCUT2D eigenvalue weighted by molar-refractivity contribution is 7.83. The minimum Gasteiger partial charge on any atom is -0.508 e. The van der Waals surface area contributed by atoms with Gasteiger partial charge in [-0.05, 0) is 48.6 Å². The van der Waals surface area contributed by atoms with Crippen molar-refractivity contribution in [3.63, 3.8) is 0 Å². The second kappa shape index (κ2) is 12.4. The standard InChI is InChI=1S/C12H14O2S.C3H6.C2H6/c1-8-10(4-5-15)6-11(9(2)13)7-12(8)14-3;1-3-2;1-2/h4-7,13,15H,2H2,1,3H3;3H,1H2,2H3;1-2H3/b5-4-;;. The highest BCUT2D eigenvalue weighted by Gasteiger charge is 2.07. The molecule has 1 aromatic rings. The molecular formula is C17H26O2S. The zero-order chi connectivity index (χ0) is 16.1. The van der Waals surface area contributed by atoms with Gasteiger partial charge in [0.2, 0.25) is 0 Å². The minimum absolute atomic E-state index is 0.0297. The average Bonchev–Trinajstić information content (AvgIpc) is 2.44. The van der Waals surface area contributed by atoms with Gasteiger partial charge in [0.1, 0.15) is 11.5 Å². The van der Waals surface area contributed by atoms with E-state index in [1.54, 1.807) is 24.7 Å². The van der Waals surface area contributed by atoms with Crippen molar-refractivity contribution < 1.29 is 9.84 Å². The molecular weight excluding hydrogens is 268 g/mol. The lowest BCUT2D eigenvalue weighted by Crippen LogP contribution is -1.93. The number of ether oxygens (including phenoxy) is 1. The van der Waals surface area contributed by atoms with Crippen LogP contribution in [0.3, 0.4) is 0 Å². The normalized spacial score (nSPS) is 8.90. The molecule has 0 saturated carbocycles. The SMILES string of the molecule is C=C(O)c1cc(/C=C\S)c(C)c(OC)c1.C=CC.CC. The molecule has 0 radical (unpaired) electrons. The lowest BCUT2D eigenvalue weighted by Gasteiger charge is -2.10. The number of hydrogen-bond acceptors (Lipinski definition) is 3. The van der Waals surface area contributed by atoms with Gasteiger partial charge in [-0.1, -0.05) is 26.5 Å². The second-order valence-corrected chi connectivity index (χ2v) is 3.86. The van der Waals surface area contributed by atoms with Gasteiger partial charge in [0.15, 0.2) is 0 Å². The first-order chi connectivity index (χ1) is 9.51. The Kier molecular flexibility index (Phi) is 12.9. The van der Waals surface area contributed by atoms with Gasteiger partial charge in [0, 0.05) is 5.56 Å². The number of allylic oxidation sites excluding steroid dienone is 1. The Labute approximate surface area is 128 Å². The van der Waals surface area contributed by atoms with Crippen molar-refractivity contribution in [1.82, 2.24) is 0 Å². The second-order valence-electron chi connectivity index (χ2n) is 3.56. The molecule has 0 bridgehead atoms. The summed E-state index contributed by atoms with van der Waals surface area (Å²) in [5.41, 5.74) is 2.61. The molecule has 0 aliphatic rings. The monoisotopic (exact) mass is 294 g/mol. The van der Waals surface area contributed by atoms with Gasteiger partial charge in [0.05, 0.1) is 7.11 Å². The van der Waals surface area contributed by atoms with E-state index in [0.717, 1.165) is 16.9 Å². The van der Waals surface area contributed by atoms with Gasteiger partial charge in [0.25, 0.3) is 0 Å². The maximum absolute atomic E-state index is 9.33. The molecule has 0 aromatic heterocycles. The van der Waals surface area contributed by atoms with Crippen molar-refractivity contribution in [2.45, 2.75) is 27.7 Å². The Morgan fingerprint density at radius 1 is 1.35 bits per heavy atom. The van der Waals surface area contributed by atoms with Crippen LogP contribution in [0.1, 0.15) is 37.5 Å². The Morgan fingerprint density at radius 2 is 1.85 bits per heavy atom. The molecule has 1 N–H and O–H groups in total. The average molecular weight is 294 g/mol. The van der Waals surface area contributed by atoms with E-state index in [4.69, 9.17) is 4.74 Å². The molecule has 20 heavy (non-hydrogen) atoms. The highest BCUT2D eigenvalue weighted by atomic mass is 32.1. The molecule has 0 aliphatic heterocycles. The van der Waals surface area contributed by atoms with Crippen LogP contribution in [-0.4, -0.2) is 12.2 Å². The van der Waals surface area contributed by atoms with Crippen LogP contribution < -0.4 is 4.74 Å². The predicted octanol–water partition coefficient (Wildman–Crippen LogP) is 5.65. The summed E-state index contributed by atoms with van der Waals surface area (Å²) in [6.45, 7) is 14.7. The summed E-state index contributed by atoms with van der Waals surface area (Å²) in [5.74, 6) is 0.756. The van der Waals surface area contributed by atoms with Crippen LogP contribution >= 0.6 is 12.6 Å². The summed E-state index contributed by atoms with van der Waals surface area (Å²) in [7, 11) is 1.60. The van der Waals surface area contributed by atoms with Gasteiger partial charge in [-0.2, -0.15) is 12.6 Å². The molecule has 0 heterocycles. The van der Waals surface area contributed by atoms with Gasteiger partial charge in [-0.25, -0.2) is 0 Å². The zero-order valence-corrected chi connectivity index (χ0v) is 14.0. The Morgan fingerprint density at radius 3 is 2.20 bits per heavy atom. The van der Waals surface area contributed by atoms with E-state index in [2.05, 4.69) is 25.8 Å². The molecule has 0 saturated heterocycles. The van der Waals surface area contributed by atoms with Crippen molar-refractivity contribution in [2.24, 2.45) is 0 Å². The Bertz CT molecular complexity index is 449. The number of hydrogen-bond donors (Lipinski definition) is 2. The molecule has 1 aromatic carbocycles. The molecule has 1 rings (SSSR count). The molecule has 0 unspecified atom stereocenters. The molecule has 0 spiro atoms. The summed E-state index contributed by atoms with van der Waals surface area (Å²) >= 11 is 4.02. The zero-order valence-electron chi connectivity index (χ0n) is 13.1. The van der Waals surface area contributed by atoms with Crippen LogP contribution in [0.4, 0.5) is 0 Å². The Hall–Kier alpha value is -1.61. The molecule has 0 atom stereocenters. The maximum Gasteiger partial charge on any atom is 0.123 e. The van der Waals surface area contributed by atoms with Crippen LogP contribution in [0.25, 0.3) is 11.8 Å². The van der Waals surface area contributed by atoms with Gasteiger partial charge >= 0.3 is 0 Å². The summed E-state index contributed by atoms with van der Waals surface area (Å²) in [6.07, 6.45) is 3.59.